The second kappa shape index (κ2) is 12.0. The van der Waals surface area contributed by atoms with E-state index in [2.05, 4.69) is 10.2 Å². The Labute approximate surface area is 263 Å². The quantitative estimate of drug-likeness (QED) is 0.162. The predicted molar refractivity (Wildman–Crippen MR) is 156 cm³/mol. The number of esters is 1. The van der Waals surface area contributed by atoms with Gasteiger partial charge in [0.2, 0.25) is 11.7 Å². The second-order valence-electron chi connectivity index (χ2n) is 13.1. The number of halogens is 1. The zero-order valence-corrected chi connectivity index (χ0v) is 25.4. The minimum atomic E-state index is -2.46. The Morgan fingerprint density at radius 1 is 1.15 bits per heavy atom. The number of aliphatic hydroxyl groups excluding tert-OH is 2. The van der Waals surface area contributed by atoms with Crippen LogP contribution >= 0.6 is 0 Å². The van der Waals surface area contributed by atoms with Crippen LogP contribution in [-0.2, 0) is 41.8 Å². The third-order valence-electron chi connectivity index (χ3n) is 10.8. The van der Waals surface area contributed by atoms with Gasteiger partial charge in [-0.25, -0.2) is 4.39 Å². The molecule has 3 saturated carbocycles. The molecule has 0 saturated heterocycles. The highest BCUT2D eigenvalue weighted by molar-refractivity contribution is 6.01. The number of hydrogen-bond acceptors (Lipinski definition) is 11. The third kappa shape index (κ3) is 5.31. The summed E-state index contributed by atoms with van der Waals surface area (Å²) in [7, 11) is 0. The number of aliphatic hydroxyl groups is 3. The molecule has 4 N–H and O–H groups in total. The van der Waals surface area contributed by atoms with Gasteiger partial charge in [0.1, 0.15) is 13.2 Å². The van der Waals surface area contributed by atoms with Crippen molar-refractivity contribution in [3.8, 4) is 0 Å². The van der Waals surface area contributed by atoms with Crippen molar-refractivity contribution in [2.45, 2.75) is 76.0 Å². The number of carbonyl (C=O) groups excluding carboxylic acids is 4. The molecule has 46 heavy (non-hydrogen) atoms. The van der Waals surface area contributed by atoms with Crippen LogP contribution in [0.4, 0.5) is 4.39 Å². The summed E-state index contributed by atoms with van der Waals surface area (Å²) in [4.78, 5) is 65.0. The van der Waals surface area contributed by atoms with Gasteiger partial charge in [-0.1, -0.05) is 42.8 Å². The monoisotopic (exact) mass is 644 g/mol. The smallest absolute Gasteiger partial charge is 0.325 e. The number of ether oxygens (including phenoxy) is 1. The van der Waals surface area contributed by atoms with E-state index in [-0.39, 0.29) is 38.1 Å². The van der Waals surface area contributed by atoms with E-state index in [0.29, 0.717) is 23.1 Å². The maximum Gasteiger partial charge on any atom is 0.325 e. The molecule has 13 nitrogen and oxygen atoms in total. The highest BCUT2D eigenvalue weighted by atomic mass is 19.1. The van der Waals surface area contributed by atoms with Crippen LogP contribution in [-0.4, -0.2) is 80.5 Å². The summed E-state index contributed by atoms with van der Waals surface area (Å²) >= 11 is 0. The summed E-state index contributed by atoms with van der Waals surface area (Å²) in [6.07, 6.45) is 0.852. The Bertz CT molecular complexity index is 1530. The van der Waals surface area contributed by atoms with Crippen molar-refractivity contribution in [3.63, 3.8) is 0 Å². The lowest BCUT2D eigenvalue weighted by atomic mass is 9.44. The van der Waals surface area contributed by atoms with Crippen LogP contribution in [0.2, 0.25) is 0 Å². The van der Waals surface area contributed by atoms with Gasteiger partial charge in [0.15, 0.2) is 23.7 Å². The van der Waals surface area contributed by atoms with Crippen molar-refractivity contribution in [1.29, 1.82) is 0 Å². The molecule has 1 amide bonds. The number of allylic oxidation sites excluding steroid dienone is 4. The summed E-state index contributed by atoms with van der Waals surface area (Å²) in [5.41, 5.74) is -5.88. The van der Waals surface area contributed by atoms with Gasteiger partial charge in [0.25, 0.3) is 5.09 Å². The Hall–Kier alpha value is -4.01. The second-order valence-corrected chi connectivity index (χ2v) is 13.1. The summed E-state index contributed by atoms with van der Waals surface area (Å²) in [6, 6.07) is 6.32. The van der Waals surface area contributed by atoms with Gasteiger partial charge in [-0.15, -0.1) is 10.1 Å². The first-order chi connectivity index (χ1) is 21.6. The van der Waals surface area contributed by atoms with Gasteiger partial charge < -0.3 is 30.2 Å². The molecule has 2 unspecified atom stereocenters. The van der Waals surface area contributed by atoms with Crippen LogP contribution in [0.5, 0.6) is 0 Å². The first-order valence-corrected chi connectivity index (χ1v) is 15.1. The molecule has 8 atom stereocenters. The molecule has 0 spiro atoms. The van der Waals surface area contributed by atoms with Gasteiger partial charge in [0, 0.05) is 16.7 Å². The number of fused-ring (bicyclic) bond motifs is 5. The molecule has 0 radical (unpaired) electrons. The van der Waals surface area contributed by atoms with E-state index in [1.807, 2.05) is 0 Å². The summed E-state index contributed by atoms with van der Waals surface area (Å²) < 4.78 is 22.3. The Morgan fingerprint density at radius 3 is 2.59 bits per heavy atom. The topological polar surface area (TPSA) is 203 Å². The average Bonchev–Trinajstić information content (AvgIpc) is 3.20. The Balaban J connectivity index is 1.21. The minimum absolute atomic E-state index is 0.122. The van der Waals surface area contributed by atoms with Crippen molar-refractivity contribution in [3.05, 3.63) is 69.3 Å². The number of benzene rings is 1. The Morgan fingerprint density at radius 2 is 1.87 bits per heavy atom. The number of nitrogens with one attached hydrogen (secondary N) is 1. The number of hydrogen-bond donors (Lipinski definition) is 4. The van der Waals surface area contributed by atoms with Crippen LogP contribution in [0.25, 0.3) is 0 Å². The molecule has 4 aliphatic carbocycles. The molecule has 0 heterocycles. The maximum absolute atomic E-state index is 17.2. The van der Waals surface area contributed by atoms with E-state index in [1.54, 1.807) is 25.1 Å². The molecule has 0 aliphatic heterocycles. The first kappa shape index (κ1) is 33.4. The molecule has 1 aromatic carbocycles. The molecular formula is C32H37FN2O11. The predicted octanol–water partition coefficient (Wildman–Crippen LogP) is 1.24. The number of Topliss-reactive ketones (excluding diaryl/α,β-unsaturated/α-hetero) is 1. The van der Waals surface area contributed by atoms with Crippen LogP contribution < -0.4 is 5.32 Å². The maximum atomic E-state index is 17.2. The van der Waals surface area contributed by atoms with E-state index < -0.39 is 82.0 Å². The molecule has 1 aromatic rings. The normalized spacial score (nSPS) is 36.0. The van der Waals surface area contributed by atoms with Crippen molar-refractivity contribution in [2.24, 2.45) is 22.7 Å². The summed E-state index contributed by atoms with van der Waals surface area (Å²) in [6.45, 7) is 1.33. The van der Waals surface area contributed by atoms with E-state index in [9.17, 15) is 44.6 Å². The SMILES string of the molecule is C[C@]12C=CC(=O)C=C1CCC1C3C[C@@H](O)[C@](O)(C(=O)COC(=O)CNC(=O)Cc4cccc(CO[N+](=O)[O-])c4)[C@@]3(C)C[C@H](O)[C@@]12F. The highest BCUT2D eigenvalue weighted by Gasteiger charge is 2.76. The van der Waals surface area contributed by atoms with Crippen LogP contribution in [0.3, 0.4) is 0 Å². The van der Waals surface area contributed by atoms with E-state index >= 15 is 4.39 Å². The molecule has 5 rings (SSSR count). The fraction of sp³-hybridized carbons (Fsp3) is 0.562. The van der Waals surface area contributed by atoms with Gasteiger partial charge in [0.05, 0.1) is 18.6 Å². The zero-order valence-electron chi connectivity index (χ0n) is 25.4. The van der Waals surface area contributed by atoms with E-state index in [1.165, 1.54) is 31.2 Å². The van der Waals surface area contributed by atoms with Gasteiger partial charge in [-0.3, -0.25) is 19.2 Å². The van der Waals surface area contributed by atoms with Crippen LogP contribution in [0.15, 0.2) is 48.1 Å². The highest BCUT2D eigenvalue weighted by Crippen LogP contribution is 2.69. The first-order valence-electron chi connectivity index (χ1n) is 15.1. The third-order valence-corrected chi connectivity index (χ3v) is 10.8. The molecule has 0 aromatic heterocycles. The summed E-state index contributed by atoms with van der Waals surface area (Å²) in [5, 5.41) is 46.1. The average molecular weight is 645 g/mol. The van der Waals surface area contributed by atoms with E-state index in [4.69, 9.17) is 4.74 Å². The summed E-state index contributed by atoms with van der Waals surface area (Å²) in [5.74, 6) is -4.40. The van der Waals surface area contributed by atoms with E-state index in [0.717, 1.165) is 0 Å². The van der Waals surface area contributed by atoms with Crippen LogP contribution in [0, 0.1) is 32.8 Å². The number of rotatable bonds is 10. The van der Waals surface area contributed by atoms with Crippen molar-refractivity contribution < 1.29 is 53.5 Å². The van der Waals surface area contributed by atoms with Crippen molar-refractivity contribution in [2.75, 3.05) is 13.2 Å². The van der Waals surface area contributed by atoms with Crippen LogP contribution in [0.1, 0.15) is 50.7 Å². The zero-order chi connectivity index (χ0) is 33.7. The van der Waals surface area contributed by atoms with Gasteiger partial charge in [-0.2, -0.15) is 0 Å². The molecule has 248 valence electrons. The lowest BCUT2D eigenvalue weighted by Crippen LogP contribution is -2.69. The molecule has 14 heteroatoms. The molecule has 0 bridgehead atoms. The Kier molecular flexibility index (Phi) is 8.68. The molecule has 3 fully saturated rings. The van der Waals surface area contributed by atoms with Crippen molar-refractivity contribution >= 4 is 23.4 Å². The lowest BCUT2D eigenvalue weighted by Gasteiger charge is -2.62. The van der Waals surface area contributed by atoms with Gasteiger partial charge >= 0.3 is 5.97 Å². The number of alkyl halides is 1. The minimum Gasteiger partial charge on any atom is -0.456 e. The van der Waals surface area contributed by atoms with Gasteiger partial charge in [-0.05, 0) is 61.8 Å². The largest absolute Gasteiger partial charge is 0.456 e. The lowest BCUT2D eigenvalue weighted by molar-refractivity contribution is -0.763. The number of ketones is 2. The fourth-order valence-corrected chi connectivity index (χ4v) is 8.41. The number of amides is 1. The molecular weight excluding hydrogens is 607 g/mol. The number of carbonyl (C=O) groups is 4. The fourth-order valence-electron chi connectivity index (χ4n) is 8.41. The van der Waals surface area contributed by atoms with Crippen molar-refractivity contribution in [1.82, 2.24) is 5.32 Å². The number of nitrogens with zero attached hydrogens (tertiary/aromatic N) is 1. The standard InChI is InChI=1S/C32H37FN2O11/c1-29-9-8-21(36)12-20(29)6-7-22-23-13-24(37)32(42,30(23,2)14-25(38)31(22,29)33)26(39)17-45-28(41)15-34-27(40)11-18-4-3-5-19(10-18)16-46-35(43)44/h3-5,8-10,12,22-25,37-38,42H,6-7,11,13-17H2,1-2H3,(H,34,40)/t22?,23?,24-,25+,29+,30+,31+,32+/m1/s1. The molecule has 4 aliphatic rings.